The molecule has 0 aliphatic heterocycles. The fourth-order valence-electron chi connectivity index (χ4n) is 1.60. The van der Waals surface area contributed by atoms with Crippen LogP contribution in [0.2, 0.25) is 0 Å². The van der Waals surface area contributed by atoms with Gasteiger partial charge in [0.15, 0.2) is 0 Å². The molecule has 0 fully saturated rings. The van der Waals surface area contributed by atoms with Crippen molar-refractivity contribution in [2.45, 2.75) is 51.7 Å². The molecule has 0 amide bonds. The molecule has 1 rings (SSSR count). The van der Waals surface area contributed by atoms with E-state index in [2.05, 4.69) is 36.0 Å². The first kappa shape index (κ1) is 13.7. The number of hydrogen-bond donors (Lipinski definition) is 2. The summed E-state index contributed by atoms with van der Waals surface area (Å²) in [6.07, 6.45) is 2.62. The minimum atomic E-state index is -0.552. The molecule has 2 nitrogen and oxygen atoms in total. The molecule has 1 unspecified atom stereocenters. The standard InChI is InChI=1S/C13H23NOS/c1-11(2)14-8-7-13(3,15)6-4-12-5-9-16-10-12/h5,9-11,14-15H,4,6-8H2,1-3H3. The quantitative estimate of drug-likeness (QED) is 0.769. The Balaban J connectivity index is 2.23. The van der Waals surface area contributed by atoms with Crippen molar-refractivity contribution in [3.63, 3.8) is 0 Å². The van der Waals surface area contributed by atoms with Crippen molar-refractivity contribution in [1.29, 1.82) is 0 Å². The van der Waals surface area contributed by atoms with Crippen LogP contribution in [0, 0.1) is 0 Å². The van der Waals surface area contributed by atoms with Gasteiger partial charge in [-0.05, 0) is 55.1 Å². The lowest BCUT2D eigenvalue weighted by molar-refractivity contribution is 0.0422. The maximum absolute atomic E-state index is 10.2. The normalized spacial score (nSPS) is 15.3. The molecule has 1 aromatic rings. The van der Waals surface area contributed by atoms with Crippen LogP contribution in [0.25, 0.3) is 0 Å². The van der Waals surface area contributed by atoms with Crippen LogP contribution >= 0.6 is 11.3 Å². The molecule has 2 N–H and O–H groups in total. The molecule has 0 aromatic carbocycles. The Kier molecular flexibility index (Phi) is 5.46. The monoisotopic (exact) mass is 241 g/mol. The molecule has 0 saturated carbocycles. The van der Waals surface area contributed by atoms with E-state index < -0.39 is 5.60 Å². The van der Waals surface area contributed by atoms with Crippen molar-refractivity contribution in [3.05, 3.63) is 22.4 Å². The van der Waals surface area contributed by atoms with Gasteiger partial charge >= 0.3 is 0 Å². The van der Waals surface area contributed by atoms with Crippen molar-refractivity contribution >= 4 is 11.3 Å². The molecule has 0 saturated heterocycles. The van der Waals surface area contributed by atoms with Crippen LogP contribution < -0.4 is 5.32 Å². The Morgan fingerprint density at radius 3 is 2.75 bits per heavy atom. The Labute approximate surface area is 103 Å². The zero-order valence-electron chi connectivity index (χ0n) is 10.5. The summed E-state index contributed by atoms with van der Waals surface area (Å²) in [4.78, 5) is 0. The molecule has 0 bridgehead atoms. The lowest BCUT2D eigenvalue weighted by Crippen LogP contribution is -2.33. The number of aryl methyl sites for hydroxylation is 1. The number of rotatable bonds is 7. The lowest BCUT2D eigenvalue weighted by atomic mass is 9.94. The van der Waals surface area contributed by atoms with Crippen LogP contribution in [0.4, 0.5) is 0 Å². The molecule has 0 aliphatic carbocycles. The summed E-state index contributed by atoms with van der Waals surface area (Å²) in [6.45, 7) is 7.07. The molecule has 0 spiro atoms. The van der Waals surface area contributed by atoms with Gasteiger partial charge in [0.1, 0.15) is 0 Å². The first-order valence-corrected chi connectivity index (χ1v) is 6.91. The van der Waals surface area contributed by atoms with Crippen LogP contribution in [0.3, 0.4) is 0 Å². The van der Waals surface area contributed by atoms with Crippen LogP contribution in [-0.4, -0.2) is 23.3 Å². The van der Waals surface area contributed by atoms with Crippen molar-refractivity contribution in [2.24, 2.45) is 0 Å². The molecule has 1 aromatic heterocycles. The largest absolute Gasteiger partial charge is 0.390 e. The van der Waals surface area contributed by atoms with Gasteiger partial charge in [0.05, 0.1) is 5.60 Å². The van der Waals surface area contributed by atoms with Gasteiger partial charge < -0.3 is 10.4 Å². The van der Waals surface area contributed by atoms with E-state index in [0.29, 0.717) is 6.04 Å². The Morgan fingerprint density at radius 2 is 2.19 bits per heavy atom. The third-order valence-electron chi connectivity index (χ3n) is 2.75. The highest BCUT2D eigenvalue weighted by Gasteiger charge is 2.19. The van der Waals surface area contributed by atoms with Gasteiger partial charge in [-0.1, -0.05) is 13.8 Å². The van der Waals surface area contributed by atoms with Gasteiger partial charge in [-0.15, -0.1) is 0 Å². The maximum Gasteiger partial charge on any atom is 0.0635 e. The Bertz CT molecular complexity index is 280. The molecule has 1 heterocycles. The highest BCUT2D eigenvalue weighted by atomic mass is 32.1. The predicted molar refractivity (Wildman–Crippen MR) is 71.0 cm³/mol. The molecular formula is C13H23NOS. The number of aliphatic hydroxyl groups is 1. The van der Waals surface area contributed by atoms with Crippen LogP contribution in [0.15, 0.2) is 16.8 Å². The van der Waals surface area contributed by atoms with Crippen LogP contribution in [0.5, 0.6) is 0 Å². The van der Waals surface area contributed by atoms with Gasteiger partial charge in [0, 0.05) is 6.04 Å². The topological polar surface area (TPSA) is 32.3 Å². The van der Waals surface area contributed by atoms with Crippen LogP contribution in [0.1, 0.15) is 39.2 Å². The summed E-state index contributed by atoms with van der Waals surface area (Å²) >= 11 is 1.72. The molecule has 0 aliphatic rings. The predicted octanol–water partition coefficient (Wildman–Crippen LogP) is 2.82. The average molecular weight is 241 g/mol. The van der Waals surface area contributed by atoms with Crippen molar-refractivity contribution in [1.82, 2.24) is 5.32 Å². The summed E-state index contributed by atoms with van der Waals surface area (Å²) in [5.41, 5.74) is 0.784. The number of thiophene rings is 1. The summed E-state index contributed by atoms with van der Waals surface area (Å²) < 4.78 is 0. The molecule has 16 heavy (non-hydrogen) atoms. The highest BCUT2D eigenvalue weighted by Crippen LogP contribution is 2.18. The van der Waals surface area contributed by atoms with E-state index in [-0.39, 0.29) is 0 Å². The smallest absolute Gasteiger partial charge is 0.0635 e. The van der Waals surface area contributed by atoms with E-state index in [1.807, 2.05) is 6.92 Å². The molecule has 3 heteroatoms. The summed E-state index contributed by atoms with van der Waals surface area (Å²) in [5, 5.41) is 17.8. The molecule has 92 valence electrons. The van der Waals surface area contributed by atoms with Crippen molar-refractivity contribution in [3.8, 4) is 0 Å². The Hall–Kier alpha value is -0.380. The summed E-state index contributed by atoms with van der Waals surface area (Å²) in [7, 11) is 0. The van der Waals surface area contributed by atoms with Gasteiger partial charge in [0.25, 0.3) is 0 Å². The highest BCUT2D eigenvalue weighted by molar-refractivity contribution is 7.07. The maximum atomic E-state index is 10.2. The van der Waals surface area contributed by atoms with Gasteiger partial charge in [-0.25, -0.2) is 0 Å². The second-order valence-corrected chi connectivity index (χ2v) is 5.77. The first-order chi connectivity index (χ1) is 7.49. The van der Waals surface area contributed by atoms with Crippen molar-refractivity contribution in [2.75, 3.05) is 6.54 Å². The van der Waals surface area contributed by atoms with E-state index >= 15 is 0 Å². The second kappa shape index (κ2) is 6.38. The fraction of sp³-hybridized carbons (Fsp3) is 0.692. The van der Waals surface area contributed by atoms with Gasteiger partial charge in [-0.3, -0.25) is 0 Å². The SMILES string of the molecule is CC(C)NCCC(C)(O)CCc1ccsc1. The fourth-order valence-corrected chi connectivity index (χ4v) is 2.31. The minimum Gasteiger partial charge on any atom is -0.390 e. The average Bonchev–Trinajstić information content (AvgIpc) is 2.66. The van der Waals surface area contributed by atoms with E-state index in [1.165, 1.54) is 5.56 Å². The van der Waals surface area contributed by atoms with Gasteiger partial charge in [0.2, 0.25) is 0 Å². The van der Waals surface area contributed by atoms with E-state index in [0.717, 1.165) is 25.8 Å². The zero-order chi connectivity index (χ0) is 12.0. The summed E-state index contributed by atoms with van der Waals surface area (Å²) in [5.74, 6) is 0. The third-order valence-corrected chi connectivity index (χ3v) is 3.48. The lowest BCUT2D eigenvalue weighted by Gasteiger charge is -2.23. The Morgan fingerprint density at radius 1 is 1.44 bits per heavy atom. The zero-order valence-corrected chi connectivity index (χ0v) is 11.3. The molecule has 0 radical (unpaired) electrons. The van der Waals surface area contributed by atoms with E-state index in [4.69, 9.17) is 0 Å². The molecule has 1 atom stereocenters. The minimum absolute atomic E-state index is 0.493. The van der Waals surface area contributed by atoms with E-state index in [9.17, 15) is 5.11 Å². The third kappa shape index (κ3) is 5.64. The van der Waals surface area contributed by atoms with Crippen molar-refractivity contribution < 1.29 is 5.11 Å². The van der Waals surface area contributed by atoms with E-state index in [1.54, 1.807) is 11.3 Å². The summed E-state index contributed by atoms with van der Waals surface area (Å²) in [6, 6.07) is 2.63. The second-order valence-electron chi connectivity index (χ2n) is 4.99. The number of hydrogen-bond acceptors (Lipinski definition) is 3. The van der Waals surface area contributed by atoms with Gasteiger partial charge in [-0.2, -0.15) is 11.3 Å². The number of nitrogens with one attached hydrogen (secondary N) is 1. The first-order valence-electron chi connectivity index (χ1n) is 5.96. The van der Waals surface area contributed by atoms with Crippen LogP contribution in [-0.2, 0) is 6.42 Å². The molecular weight excluding hydrogens is 218 g/mol.